The van der Waals surface area contributed by atoms with Crippen LogP contribution in [-0.4, -0.2) is 11.1 Å². The fraction of sp³-hybridized carbons (Fsp3) is 0.941. The summed E-state index contributed by atoms with van der Waals surface area (Å²) >= 11 is 0. The Morgan fingerprint density at radius 1 is 0.842 bits per heavy atom. The van der Waals surface area contributed by atoms with Gasteiger partial charge in [0.25, 0.3) is 0 Å². The zero-order valence-electron chi connectivity index (χ0n) is 13.3. The number of aliphatic carboxylic acids is 1. The Morgan fingerprint density at radius 3 is 2.00 bits per heavy atom. The zero-order valence-corrected chi connectivity index (χ0v) is 13.3. The number of hydrogen-bond donors (Lipinski definition) is 1. The summed E-state index contributed by atoms with van der Waals surface area (Å²) in [5.74, 6) is 1.03. The Hall–Kier alpha value is -0.530. The molecule has 0 radical (unpaired) electrons. The van der Waals surface area contributed by atoms with E-state index in [-0.39, 0.29) is 0 Å². The lowest BCUT2D eigenvalue weighted by Crippen LogP contribution is -2.14. The van der Waals surface area contributed by atoms with Crippen LogP contribution in [0.25, 0.3) is 0 Å². The highest BCUT2D eigenvalue weighted by molar-refractivity contribution is 5.66. The summed E-state index contributed by atoms with van der Waals surface area (Å²) in [7, 11) is 0. The van der Waals surface area contributed by atoms with Gasteiger partial charge in [0, 0.05) is 6.42 Å². The van der Waals surface area contributed by atoms with Gasteiger partial charge in [-0.25, -0.2) is 0 Å². The molecular formula is C17H34O2. The van der Waals surface area contributed by atoms with Crippen molar-refractivity contribution in [2.75, 3.05) is 0 Å². The van der Waals surface area contributed by atoms with Gasteiger partial charge in [0.1, 0.15) is 0 Å². The van der Waals surface area contributed by atoms with Crippen LogP contribution in [0.4, 0.5) is 0 Å². The summed E-state index contributed by atoms with van der Waals surface area (Å²) in [6.07, 6.45) is 12.7. The van der Waals surface area contributed by atoms with E-state index in [1.165, 1.54) is 51.4 Å². The molecule has 0 aromatic heterocycles. The maximum absolute atomic E-state index is 10.5. The van der Waals surface area contributed by atoms with E-state index in [2.05, 4.69) is 20.8 Å². The quantitative estimate of drug-likeness (QED) is 0.439. The van der Waals surface area contributed by atoms with Gasteiger partial charge in [-0.3, -0.25) is 4.79 Å². The first-order valence-electron chi connectivity index (χ1n) is 8.37. The minimum atomic E-state index is -0.651. The van der Waals surface area contributed by atoms with Gasteiger partial charge in [0.15, 0.2) is 0 Å². The molecule has 0 spiro atoms. The van der Waals surface area contributed by atoms with Gasteiger partial charge in [-0.2, -0.15) is 0 Å². The van der Waals surface area contributed by atoms with Crippen LogP contribution in [0.5, 0.6) is 0 Å². The summed E-state index contributed by atoms with van der Waals surface area (Å²) < 4.78 is 0. The van der Waals surface area contributed by atoms with Crippen molar-refractivity contribution >= 4 is 5.97 Å². The van der Waals surface area contributed by atoms with E-state index < -0.39 is 5.97 Å². The van der Waals surface area contributed by atoms with Crippen molar-refractivity contribution in [3.8, 4) is 0 Å². The van der Waals surface area contributed by atoms with Crippen LogP contribution >= 0.6 is 0 Å². The number of carbonyl (C=O) groups is 1. The molecule has 1 N–H and O–H groups in total. The average Bonchev–Trinajstić information content (AvgIpc) is 2.38. The molecule has 0 amide bonds. The van der Waals surface area contributed by atoms with Crippen LogP contribution < -0.4 is 0 Å². The van der Waals surface area contributed by atoms with Crippen molar-refractivity contribution in [3.63, 3.8) is 0 Å². The number of hydrogen-bond acceptors (Lipinski definition) is 1. The lowest BCUT2D eigenvalue weighted by molar-refractivity contribution is -0.137. The second-order valence-corrected chi connectivity index (χ2v) is 5.85. The van der Waals surface area contributed by atoms with Crippen LogP contribution in [0.2, 0.25) is 0 Å². The third-order valence-corrected chi connectivity index (χ3v) is 4.24. The Balaban J connectivity index is 4.05. The van der Waals surface area contributed by atoms with Crippen LogP contribution in [0.1, 0.15) is 91.4 Å². The van der Waals surface area contributed by atoms with Gasteiger partial charge < -0.3 is 5.11 Å². The summed E-state index contributed by atoms with van der Waals surface area (Å²) in [6.45, 7) is 6.84. The molecule has 0 aliphatic rings. The first kappa shape index (κ1) is 18.5. The molecule has 2 heteroatoms. The van der Waals surface area contributed by atoms with Crippen molar-refractivity contribution in [2.45, 2.75) is 91.4 Å². The lowest BCUT2D eigenvalue weighted by atomic mass is 9.80. The Morgan fingerprint density at radius 2 is 1.47 bits per heavy atom. The Kier molecular flexibility index (Phi) is 12.2. The third-order valence-electron chi connectivity index (χ3n) is 4.24. The SMILES string of the molecule is CCCCCC(CC)C(CCC)CCCCC(=O)O. The second kappa shape index (κ2) is 12.5. The number of carboxylic acids is 1. The van der Waals surface area contributed by atoms with Crippen LogP contribution in [0.3, 0.4) is 0 Å². The highest BCUT2D eigenvalue weighted by Gasteiger charge is 2.18. The summed E-state index contributed by atoms with van der Waals surface area (Å²) in [5, 5.41) is 8.68. The smallest absolute Gasteiger partial charge is 0.303 e. The zero-order chi connectivity index (χ0) is 14.5. The van der Waals surface area contributed by atoms with Gasteiger partial charge in [0.05, 0.1) is 0 Å². The van der Waals surface area contributed by atoms with Crippen LogP contribution in [0.15, 0.2) is 0 Å². The molecule has 2 nitrogen and oxygen atoms in total. The molecule has 2 atom stereocenters. The minimum Gasteiger partial charge on any atom is -0.481 e. The molecule has 0 aliphatic carbocycles. The van der Waals surface area contributed by atoms with E-state index in [1.54, 1.807) is 0 Å². The van der Waals surface area contributed by atoms with E-state index in [0.717, 1.165) is 24.7 Å². The van der Waals surface area contributed by atoms with Crippen LogP contribution in [0, 0.1) is 11.8 Å². The number of rotatable bonds is 13. The average molecular weight is 270 g/mol. The largest absolute Gasteiger partial charge is 0.481 e. The van der Waals surface area contributed by atoms with Gasteiger partial charge >= 0.3 is 5.97 Å². The predicted octanol–water partition coefficient (Wildman–Crippen LogP) is 5.65. The molecule has 0 aliphatic heterocycles. The maximum atomic E-state index is 10.5. The molecule has 0 fully saturated rings. The first-order chi connectivity index (χ1) is 9.15. The fourth-order valence-corrected chi connectivity index (χ4v) is 3.10. The van der Waals surface area contributed by atoms with Crippen molar-refractivity contribution in [2.24, 2.45) is 11.8 Å². The molecule has 114 valence electrons. The standard InChI is InChI=1S/C17H34O2/c1-4-7-8-12-15(6-3)16(11-5-2)13-9-10-14-17(18)19/h15-16H,4-14H2,1-3H3,(H,18,19). The molecular weight excluding hydrogens is 236 g/mol. The summed E-state index contributed by atoms with van der Waals surface area (Å²) in [6, 6.07) is 0. The minimum absolute atomic E-state index is 0.339. The molecule has 0 heterocycles. The van der Waals surface area contributed by atoms with E-state index >= 15 is 0 Å². The Bertz CT molecular complexity index is 213. The molecule has 0 rings (SSSR count). The van der Waals surface area contributed by atoms with Crippen molar-refractivity contribution < 1.29 is 9.90 Å². The van der Waals surface area contributed by atoms with Gasteiger partial charge in [-0.1, -0.05) is 78.6 Å². The molecule has 0 saturated carbocycles. The van der Waals surface area contributed by atoms with Crippen LogP contribution in [-0.2, 0) is 4.79 Å². The molecule has 0 saturated heterocycles. The highest BCUT2D eigenvalue weighted by atomic mass is 16.4. The van der Waals surface area contributed by atoms with E-state index in [4.69, 9.17) is 5.11 Å². The first-order valence-corrected chi connectivity index (χ1v) is 8.37. The van der Waals surface area contributed by atoms with Crippen molar-refractivity contribution in [1.82, 2.24) is 0 Å². The lowest BCUT2D eigenvalue weighted by Gasteiger charge is -2.26. The highest BCUT2D eigenvalue weighted by Crippen LogP contribution is 2.30. The van der Waals surface area contributed by atoms with Gasteiger partial charge in [0.2, 0.25) is 0 Å². The van der Waals surface area contributed by atoms with E-state index in [0.29, 0.717) is 6.42 Å². The van der Waals surface area contributed by atoms with Gasteiger partial charge in [-0.15, -0.1) is 0 Å². The third kappa shape index (κ3) is 9.98. The van der Waals surface area contributed by atoms with E-state index in [9.17, 15) is 4.79 Å². The normalized spacial score (nSPS) is 14.3. The second-order valence-electron chi connectivity index (χ2n) is 5.85. The Labute approximate surface area is 120 Å². The molecule has 2 unspecified atom stereocenters. The van der Waals surface area contributed by atoms with Gasteiger partial charge in [-0.05, 0) is 18.3 Å². The molecule has 0 aromatic carbocycles. The maximum Gasteiger partial charge on any atom is 0.303 e. The number of carboxylic acid groups (broad SMARTS) is 1. The molecule has 19 heavy (non-hydrogen) atoms. The molecule has 0 aromatic rings. The fourth-order valence-electron chi connectivity index (χ4n) is 3.10. The topological polar surface area (TPSA) is 37.3 Å². The van der Waals surface area contributed by atoms with Crippen molar-refractivity contribution in [3.05, 3.63) is 0 Å². The monoisotopic (exact) mass is 270 g/mol. The summed E-state index contributed by atoms with van der Waals surface area (Å²) in [4.78, 5) is 10.5. The predicted molar refractivity (Wildman–Crippen MR) is 82.4 cm³/mol. The molecule has 0 bridgehead atoms. The van der Waals surface area contributed by atoms with E-state index in [1.807, 2.05) is 0 Å². The van der Waals surface area contributed by atoms with Crippen molar-refractivity contribution in [1.29, 1.82) is 0 Å². The number of unbranched alkanes of at least 4 members (excludes halogenated alkanes) is 3. The summed E-state index contributed by atoms with van der Waals surface area (Å²) in [5.41, 5.74) is 0.